The summed E-state index contributed by atoms with van der Waals surface area (Å²) in [7, 11) is 0. The molecule has 2 aromatic rings. The molecule has 2 N–H and O–H groups in total. The first-order valence-electron chi connectivity index (χ1n) is 5.55. The molecule has 5 nitrogen and oxygen atoms in total. The van der Waals surface area contributed by atoms with E-state index in [4.69, 9.17) is 11.6 Å². The van der Waals surface area contributed by atoms with E-state index < -0.39 is 0 Å². The minimum Gasteiger partial charge on any atom is -0.352 e. The van der Waals surface area contributed by atoms with E-state index in [1.165, 1.54) is 6.33 Å². The molecule has 0 radical (unpaired) electrons. The van der Waals surface area contributed by atoms with Gasteiger partial charge in [0.05, 0.1) is 0 Å². The van der Waals surface area contributed by atoms with E-state index in [0.29, 0.717) is 23.6 Å². The zero-order valence-corrected chi connectivity index (χ0v) is 10.7. The molecule has 0 fully saturated rings. The van der Waals surface area contributed by atoms with Crippen molar-refractivity contribution in [3.8, 4) is 0 Å². The van der Waals surface area contributed by atoms with Gasteiger partial charge in [-0.3, -0.25) is 9.89 Å². The molecule has 94 valence electrons. The first-order chi connectivity index (χ1) is 8.65. The minimum atomic E-state index is -0.139. The average Bonchev–Trinajstić information content (AvgIpc) is 2.80. The van der Waals surface area contributed by atoms with E-state index in [1.807, 2.05) is 13.0 Å². The van der Waals surface area contributed by atoms with Gasteiger partial charge in [-0.1, -0.05) is 11.6 Å². The predicted octanol–water partition coefficient (Wildman–Crippen LogP) is 1.74. The van der Waals surface area contributed by atoms with Crippen LogP contribution in [0.2, 0.25) is 5.02 Å². The molecule has 0 saturated carbocycles. The van der Waals surface area contributed by atoms with E-state index in [0.717, 1.165) is 11.4 Å². The van der Waals surface area contributed by atoms with Crippen LogP contribution >= 0.6 is 11.6 Å². The van der Waals surface area contributed by atoms with Gasteiger partial charge in [-0.15, -0.1) is 0 Å². The molecule has 1 amide bonds. The Morgan fingerprint density at radius 2 is 2.28 bits per heavy atom. The summed E-state index contributed by atoms with van der Waals surface area (Å²) in [6.45, 7) is 2.40. The number of H-pyrrole nitrogens is 1. The van der Waals surface area contributed by atoms with Crippen molar-refractivity contribution in [2.45, 2.75) is 13.3 Å². The lowest BCUT2D eigenvalue weighted by molar-refractivity contribution is 0.0954. The van der Waals surface area contributed by atoms with E-state index in [2.05, 4.69) is 20.5 Å². The van der Waals surface area contributed by atoms with Gasteiger partial charge >= 0.3 is 0 Å². The first kappa shape index (κ1) is 12.6. The van der Waals surface area contributed by atoms with Crippen molar-refractivity contribution in [1.29, 1.82) is 0 Å². The Balaban J connectivity index is 1.91. The van der Waals surface area contributed by atoms with Crippen LogP contribution in [0, 0.1) is 6.92 Å². The van der Waals surface area contributed by atoms with Gasteiger partial charge in [0.15, 0.2) is 0 Å². The Morgan fingerprint density at radius 3 is 2.94 bits per heavy atom. The van der Waals surface area contributed by atoms with Crippen LogP contribution in [0.1, 0.15) is 21.7 Å². The fraction of sp³-hybridized carbons (Fsp3) is 0.250. The summed E-state index contributed by atoms with van der Waals surface area (Å²) in [5.74, 6) is 0.609. The van der Waals surface area contributed by atoms with Gasteiger partial charge in [-0.25, -0.2) is 4.98 Å². The van der Waals surface area contributed by atoms with Gasteiger partial charge < -0.3 is 5.32 Å². The maximum atomic E-state index is 11.9. The van der Waals surface area contributed by atoms with E-state index >= 15 is 0 Å². The third-order valence-corrected chi connectivity index (χ3v) is 2.63. The summed E-state index contributed by atoms with van der Waals surface area (Å²) >= 11 is 5.91. The Labute approximate surface area is 110 Å². The van der Waals surface area contributed by atoms with Gasteiger partial charge in [0.25, 0.3) is 5.91 Å². The van der Waals surface area contributed by atoms with Gasteiger partial charge in [-0.05, 0) is 30.7 Å². The van der Waals surface area contributed by atoms with Crippen molar-refractivity contribution in [1.82, 2.24) is 20.5 Å². The number of aryl methyl sites for hydroxylation is 1. The molecule has 0 spiro atoms. The summed E-state index contributed by atoms with van der Waals surface area (Å²) in [4.78, 5) is 15.8. The van der Waals surface area contributed by atoms with Gasteiger partial charge in [0.1, 0.15) is 12.2 Å². The number of halogens is 1. The standard InChI is InChI=1S/C12H13ClN4O/c1-8-4-9(6-10(13)5-8)12(18)14-3-2-11-15-7-16-17-11/h4-7H,2-3H2,1H3,(H,14,18)(H,15,16,17). The molecule has 0 atom stereocenters. The predicted molar refractivity (Wildman–Crippen MR) is 68.6 cm³/mol. The Kier molecular flexibility index (Phi) is 3.94. The number of benzene rings is 1. The summed E-state index contributed by atoms with van der Waals surface area (Å²) in [5.41, 5.74) is 1.53. The number of aromatic nitrogens is 3. The van der Waals surface area contributed by atoms with Gasteiger partial charge in [0.2, 0.25) is 0 Å². The number of nitrogens with one attached hydrogen (secondary N) is 2. The van der Waals surface area contributed by atoms with Crippen molar-refractivity contribution in [3.63, 3.8) is 0 Å². The Morgan fingerprint density at radius 1 is 1.44 bits per heavy atom. The second-order valence-corrected chi connectivity index (χ2v) is 4.39. The lowest BCUT2D eigenvalue weighted by atomic mass is 10.1. The second-order valence-electron chi connectivity index (χ2n) is 3.96. The van der Waals surface area contributed by atoms with E-state index in [1.54, 1.807) is 12.1 Å². The molecule has 0 unspecified atom stereocenters. The molecule has 1 aromatic heterocycles. The van der Waals surface area contributed by atoms with Crippen LogP contribution in [0.15, 0.2) is 24.5 Å². The molecule has 0 aliphatic carbocycles. The maximum absolute atomic E-state index is 11.9. The summed E-state index contributed by atoms with van der Waals surface area (Å²) in [5, 5.41) is 9.84. The maximum Gasteiger partial charge on any atom is 0.251 e. The highest BCUT2D eigenvalue weighted by Gasteiger charge is 2.07. The van der Waals surface area contributed by atoms with E-state index in [-0.39, 0.29) is 5.91 Å². The second kappa shape index (κ2) is 5.64. The number of rotatable bonds is 4. The number of carbonyl (C=O) groups is 1. The molecular weight excluding hydrogens is 252 g/mol. The largest absolute Gasteiger partial charge is 0.352 e. The fourth-order valence-corrected chi connectivity index (χ4v) is 1.90. The van der Waals surface area contributed by atoms with Crippen molar-refractivity contribution in [2.75, 3.05) is 6.54 Å². The summed E-state index contributed by atoms with van der Waals surface area (Å²) < 4.78 is 0. The zero-order valence-electron chi connectivity index (χ0n) is 9.90. The van der Waals surface area contributed by atoms with Crippen molar-refractivity contribution in [3.05, 3.63) is 46.5 Å². The molecule has 2 rings (SSSR count). The SMILES string of the molecule is Cc1cc(Cl)cc(C(=O)NCCc2ncn[nH]2)c1. The molecule has 0 aliphatic rings. The highest BCUT2D eigenvalue weighted by molar-refractivity contribution is 6.31. The fourth-order valence-electron chi connectivity index (χ4n) is 1.62. The van der Waals surface area contributed by atoms with Crippen LogP contribution in [-0.4, -0.2) is 27.6 Å². The highest BCUT2D eigenvalue weighted by atomic mass is 35.5. The molecule has 1 aromatic carbocycles. The van der Waals surface area contributed by atoms with Crippen molar-refractivity contribution >= 4 is 17.5 Å². The number of amides is 1. The molecule has 1 heterocycles. The van der Waals surface area contributed by atoms with Crippen molar-refractivity contribution in [2.24, 2.45) is 0 Å². The van der Waals surface area contributed by atoms with Crippen LogP contribution < -0.4 is 5.32 Å². The van der Waals surface area contributed by atoms with E-state index in [9.17, 15) is 4.79 Å². The quantitative estimate of drug-likeness (QED) is 0.884. The lowest BCUT2D eigenvalue weighted by Crippen LogP contribution is -2.26. The van der Waals surface area contributed by atoms with Crippen LogP contribution in [0.4, 0.5) is 0 Å². The highest BCUT2D eigenvalue weighted by Crippen LogP contribution is 2.14. The Hall–Kier alpha value is -1.88. The van der Waals surface area contributed by atoms with Crippen LogP contribution in [0.5, 0.6) is 0 Å². The smallest absolute Gasteiger partial charge is 0.251 e. The Bertz CT molecular complexity index is 519. The summed E-state index contributed by atoms with van der Waals surface area (Å²) in [6.07, 6.45) is 2.06. The topological polar surface area (TPSA) is 70.7 Å². The number of carbonyl (C=O) groups excluding carboxylic acids is 1. The lowest BCUT2D eigenvalue weighted by Gasteiger charge is -2.05. The van der Waals surface area contributed by atoms with Gasteiger partial charge in [0, 0.05) is 23.6 Å². The summed E-state index contributed by atoms with van der Waals surface area (Å²) in [6, 6.07) is 5.26. The normalized spacial score (nSPS) is 10.3. The number of hydrogen-bond acceptors (Lipinski definition) is 3. The number of hydrogen-bond donors (Lipinski definition) is 2. The molecule has 0 bridgehead atoms. The molecular formula is C12H13ClN4O. The molecule has 6 heteroatoms. The first-order valence-corrected chi connectivity index (χ1v) is 5.92. The third kappa shape index (κ3) is 3.30. The molecule has 0 saturated heterocycles. The third-order valence-electron chi connectivity index (χ3n) is 2.42. The number of nitrogens with zero attached hydrogens (tertiary/aromatic N) is 2. The van der Waals surface area contributed by atoms with Crippen molar-refractivity contribution < 1.29 is 4.79 Å². The average molecular weight is 265 g/mol. The molecule has 18 heavy (non-hydrogen) atoms. The van der Waals surface area contributed by atoms with Crippen LogP contribution in [0.25, 0.3) is 0 Å². The van der Waals surface area contributed by atoms with Gasteiger partial charge in [-0.2, -0.15) is 5.10 Å². The zero-order chi connectivity index (χ0) is 13.0. The monoisotopic (exact) mass is 264 g/mol. The molecule has 0 aliphatic heterocycles. The minimum absolute atomic E-state index is 0.139. The van der Waals surface area contributed by atoms with Crippen LogP contribution in [-0.2, 0) is 6.42 Å². The number of aromatic amines is 1. The van der Waals surface area contributed by atoms with Crippen LogP contribution in [0.3, 0.4) is 0 Å².